The average Bonchev–Trinajstić information content (AvgIpc) is 3.38. The summed E-state index contributed by atoms with van der Waals surface area (Å²) in [5, 5.41) is 10.4. The van der Waals surface area contributed by atoms with Crippen LogP contribution in [0.1, 0.15) is 24.8 Å². The number of hydrogen-bond acceptors (Lipinski definition) is 5. The number of aromatic nitrogens is 2. The number of pyridine rings is 1. The van der Waals surface area contributed by atoms with Crippen LogP contribution in [0.2, 0.25) is 0 Å². The van der Waals surface area contributed by atoms with Crippen LogP contribution in [0.15, 0.2) is 18.5 Å². The van der Waals surface area contributed by atoms with Gasteiger partial charge in [0.2, 0.25) is 10.0 Å². The molecule has 3 heterocycles. The molecule has 30 heavy (non-hydrogen) atoms. The Balaban J connectivity index is 1.46. The van der Waals surface area contributed by atoms with E-state index in [2.05, 4.69) is 20.9 Å². The maximum Gasteiger partial charge on any atom is 0.390 e. The summed E-state index contributed by atoms with van der Waals surface area (Å²) in [6, 6.07) is 4.18. The Hall–Kier alpha value is -2.32. The van der Waals surface area contributed by atoms with Crippen LogP contribution < -0.4 is 4.90 Å². The van der Waals surface area contributed by atoms with Gasteiger partial charge in [-0.05, 0) is 30.7 Å². The van der Waals surface area contributed by atoms with Crippen molar-refractivity contribution < 1.29 is 21.6 Å². The van der Waals surface area contributed by atoms with Gasteiger partial charge in [-0.15, -0.1) is 0 Å². The van der Waals surface area contributed by atoms with E-state index in [1.54, 1.807) is 6.20 Å². The molecule has 0 bridgehead atoms. The summed E-state index contributed by atoms with van der Waals surface area (Å²) in [4.78, 5) is 9.36. The topological polar surface area (TPSA) is 93.1 Å². The largest absolute Gasteiger partial charge is 0.390 e. The average molecular weight is 441 g/mol. The van der Waals surface area contributed by atoms with Gasteiger partial charge in [-0.2, -0.15) is 18.4 Å². The van der Waals surface area contributed by atoms with E-state index in [1.807, 2.05) is 13.1 Å². The first-order valence-electron chi connectivity index (χ1n) is 9.72. The number of nitrogens with one attached hydrogen (secondary N) is 1. The predicted octanol–water partition coefficient (Wildman–Crippen LogP) is 2.86. The highest BCUT2D eigenvalue weighted by Crippen LogP contribution is 2.43. The van der Waals surface area contributed by atoms with Crippen LogP contribution in [-0.2, 0) is 10.0 Å². The molecule has 2 aromatic heterocycles. The van der Waals surface area contributed by atoms with Gasteiger partial charge in [-0.3, -0.25) is 0 Å². The van der Waals surface area contributed by atoms with Crippen LogP contribution in [0.3, 0.4) is 0 Å². The van der Waals surface area contributed by atoms with Crippen molar-refractivity contribution in [1.29, 1.82) is 5.26 Å². The van der Waals surface area contributed by atoms with Gasteiger partial charge < -0.3 is 9.88 Å². The number of rotatable bonds is 5. The fourth-order valence-corrected chi connectivity index (χ4v) is 6.37. The summed E-state index contributed by atoms with van der Waals surface area (Å²) in [6.07, 6.45) is -1.04. The molecule has 3 atom stereocenters. The van der Waals surface area contributed by atoms with Gasteiger partial charge in [0, 0.05) is 44.0 Å². The van der Waals surface area contributed by atoms with Crippen LogP contribution in [0, 0.1) is 23.2 Å². The fourth-order valence-electron chi connectivity index (χ4n) is 4.78. The van der Waals surface area contributed by atoms with Crippen molar-refractivity contribution in [1.82, 2.24) is 14.3 Å². The van der Waals surface area contributed by atoms with Crippen molar-refractivity contribution in [2.45, 2.75) is 31.5 Å². The van der Waals surface area contributed by atoms with E-state index in [-0.39, 0.29) is 31.0 Å². The van der Waals surface area contributed by atoms with Gasteiger partial charge >= 0.3 is 6.18 Å². The van der Waals surface area contributed by atoms with E-state index in [1.165, 1.54) is 10.5 Å². The number of sulfonamides is 1. The summed E-state index contributed by atoms with van der Waals surface area (Å²) in [5.41, 5.74) is 1.96. The number of anilines is 1. The Kier molecular flexibility index (Phi) is 5.18. The lowest BCUT2D eigenvalue weighted by Gasteiger charge is -2.29. The van der Waals surface area contributed by atoms with E-state index in [4.69, 9.17) is 0 Å². The first-order valence-corrected chi connectivity index (χ1v) is 11.3. The van der Waals surface area contributed by atoms with Crippen LogP contribution in [0.4, 0.5) is 18.9 Å². The lowest BCUT2D eigenvalue weighted by atomic mass is 10.0. The molecular weight excluding hydrogens is 419 g/mol. The van der Waals surface area contributed by atoms with E-state index >= 15 is 0 Å². The highest BCUT2D eigenvalue weighted by Gasteiger charge is 2.46. The number of nitriles is 1. The Labute approximate surface area is 172 Å². The molecule has 0 amide bonds. The van der Waals surface area contributed by atoms with Gasteiger partial charge in [0.15, 0.2) is 0 Å². The summed E-state index contributed by atoms with van der Waals surface area (Å²) >= 11 is 0. The minimum absolute atomic E-state index is 0.104. The second kappa shape index (κ2) is 7.42. The van der Waals surface area contributed by atoms with Crippen LogP contribution >= 0.6 is 0 Å². The first kappa shape index (κ1) is 20.9. The van der Waals surface area contributed by atoms with E-state index in [0.717, 1.165) is 23.9 Å². The van der Waals surface area contributed by atoms with Crippen LogP contribution in [0.25, 0.3) is 11.0 Å². The van der Waals surface area contributed by atoms with Gasteiger partial charge in [0.1, 0.15) is 11.7 Å². The van der Waals surface area contributed by atoms with Gasteiger partial charge in [0.25, 0.3) is 0 Å². The molecule has 1 saturated carbocycles. The molecule has 1 saturated heterocycles. The molecule has 0 aromatic carbocycles. The number of alkyl halides is 3. The SMILES string of the molecule is CN(c1c(C#N)cnc2[nH]ccc12)[C@@H]1C[C@@H]2CN(S(=O)(=O)CCC(F)(F)F)C[C@@H]2C1. The van der Waals surface area contributed by atoms with Crippen LogP contribution in [-0.4, -0.2) is 60.8 Å². The second-order valence-corrected chi connectivity index (χ2v) is 10.2. The van der Waals surface area contributed by atoms with Crippen molar-refractivity contribution in [3.05, 3.63) is 24.0 Å². The molecule has 0 unspecified atom stereocenters. The van der Waals surface area contributed by atoms with Crippen molar-refractivity contribution in [3.8, 4) is 6.07 Å². The number of H-pyrrole nitrogens is 1. The molecule has 1 N–H and O–H groups in total. The molecule has 0 spiro atoms. The Morgan fingerprint density at radius 3 is 2.60 bits per heavy atom. The minimum Gasteiger partial charge on any atom is -0.370 e. The smallest absolute Gasteiger partial charge is 0.370 e. The zero-order chi connectivity index (χ0) is 21.7. The fraction of sp³-hybridized carbons (Fsp3) is 0.579. The molecule has 2 aliphatic rings. The highest BCUT2D eigenvalue weighted by molar-refractivity contribution is 7.89. The molecule has 2 fully saturated rings. The summed E-state index contributed by atoms with van der Waals surface area (Å²) in [7, 11) is -1.99. The monoisotopic (exact) mass is 441 g/mol. The van der Waals surface area contributed by atoms with Crippen LogP contribution in [0.5, 0.6) is 0 Å². The maximum absolute atomic E-state index is 12.4. The summed E-state index contributed by atoms with van der Waals surface area (Å²) in [5.74, 6) is -0.688. The van der Waals surface area contributed by atoms with E-state index in [9.17, 15) is 26.9 Å². The Morgan fingerprint density at radius 2 is 2.00 bits per heavy atom. The lowest BCUT2D eigenvalue weighted by molar-refractivity contribution is -0.130. The molecule has 1 aliphatic heterocycles. The van der Waals surface area contributed by atoms with E-state index in [0.29, 0.717) is 11.2 Å². The number of hydrogen-bond donors (Lipinski definition) is 1. The molecule has 11 heteroatoms. The first-order chi connectivity index (χ1) is 14.1. The van der Waals surface area contributed by atoms with Gasteiger partial charge in [-0.1, -0.05) is 0 Å². The summed E-state index contributed by atoms with van der Waals surface area (Å²) < 4.78 is 63.2. The third-order valence-corrected chi connectivity index (χ3v) is 8.11. The second-order valence-electron chi connectivity index (χ2n) is 8.13. The molecule has 162 valence electrons. The predicted molar refractivity (Wildman–Crippen MR) is 105 cm³/mol. The number of nitrogens with zero attached hydrogens (tertiary/aromatic N) is 4. The third-order valence-electron chi connectivity index (χ3n) is 6.31. The molecule has 0 radical (unpaired) electrons. The van der Waals surface area contributed by atoms with Crippen molar-refractivity contribution in [2.75, 3.05) is 30.8 Å². The zero-order valence-corrected chi connectivity index (χ0v) is 17.2. The molecule has 2 aromatic rings. The minimum atomic E-state index is -4.48. The molecule has 4 rings (SSSR count). The number of aromatic amines is 1. The van der Waals surface area contributed by atoms with Crippen molar-refractivity contribution >= 4 is 26.7 Å². The van der Waals surface area contributed by atoms with E-state index < -0.39 is 28.4 Å². The zero-order valence-electron chi connectivity index (χ0n) is 16.4. The lowest BCUT2D eigenvalue weighted by Crippen LogP contribution is -2.36. The molecule has 1 aliphatic carbocycles. The number of fused-ring (bicyclic) bond motifs is 2. The summed E-state index contributed by atoms with van der Waals surface area (Å²) in [6.45, 7) is 0.520. The van der Waals surface area contributed by atoms with Gasteiger partial charge in [0.05, 0.1) is 23.4 Å². The van der Waals surface area contributed by atoms with Crippen molar-refractivity contribution in [3.63, 3.8) is 0 Å². The Bertz CT molecular complexity index is 1080. The maximum atomic E-state index is 12.4. The number of halogens is 3. The standard InChI is InChI=1S/C19H22F3N5O2S/c1-26(17-14(8-23)9-25-18-16(17)2-4-24-18)15-6-12-10-27(11-13(12)7-15)30(28,29)5-3-19(20,21)22/h2,4,9,12-13,15H,3,5-7,10-11H2,1H3,(H,24,25)/t12-,13+,15-. The normalized spacial score (nSPS) is 24.8. The van der Waals surface area contributed by atoms with Crippen molar-refractivity contribution in [2.24, 2.45) is 11.8 Å². The Morgan fingerprint density at radius 1 is 1.33 bits per heavy atom. The highest BCUT2D eigenvalue weighted by atomic mass is 32.2. The molecular formula is C19H22F3N5O2S. The quantitative estimate of drug-likeness (QED) is 0.770. The van der Waals surface area contributed by atoms with Gasteiger partial charge in [-0.25, -0.2) is 17.7 Å². The molecule has 7 nitrogen and oxygen atoms in total. The third kappa shape index (κ3) is 3.86.